The number of carbonyl (C=O) groups is 1. The van der Waals surface area contributed by atoms with Crippen molar-refractivity contribution in [1.82, 2.24) is 14.9 Å². The summed E-state index contributed by atoms with van der Waals surface area (Å²) in [5, 5.41) is 8.70. The minimum Gasteiger partial charge on any atom is -0.337 e. The van der Waals surface area contributed by atoms with Crippen molar-refractivity contribution >= 4 is 5.91 Å². The summed E-state index contributed by atoms with van der Waals surface area (Å²) in [7, 11) is 0. The van der Waals surface area contributed by atoms with Gasteiger partial charge in [0.2, 0.25) is 0 Å². The second-order valence-electron chi connectivity index (χ2n) is 5.85. The number of aromatic nitrogens is 2. The van der Waals surface area contributed by atoms with Crippen molar-refractivity contribution in [3.63, 3.8) is 0 Å². The first-order valence-corrected chi connectivity index (χ1v) is 7.58. The lowest BCUT2D eigenvalue weighted by Gasteiger charge is -2.39. The van der Waals surface area contributed by atoms with E-state index >= 15 is 0 Å². The van der Waals surface area contributed by atoms with Gasteiger partial charge in [0.25, 0.3) is 11.5 Å². The lowest BCUT2D eigenvalue weighted by atomic mass is 9.91. The summed E-state index contributed by atoms with van der Waals surface area (Å²) in [4.78, 5) is 32.2. The van der Waals surface area contributed by atoms with Crippen LogP contribution in [0.5, 0.6) is 0 Å². The van der Waals surface area contributed by atoms with Gasteiger partial charge in [0.05, 0.1) is 0 Å². The number of nitrogens with zero attached hydrogens (tertiary/aromatic N) is 3. The number of likely N-dealkylation sites (tertiary alicyclic amines) is 1. The quantitative estimate of drug-likeness (QED) is 0.683. The number of hydrogen-bond acceptors (Lipinski definition) is 4. The van der Waals surface area contributed by atoms with Crippen LogP contribution in [0.4, 0.5) is 0 Å². The first kappa shape index (κ1) is 15.7. The van der Waals surface area contributed by atoms with Crippen molar-refractivity contribution in [2.75, 3.05) is 13.1 Å². The molecule has 6 heteroatoms. The number of amides is 1. The van der Waals surface area contributed by atoms with Crippen LogP contribution in [0, 0.1) is 17.2 Å². The van der Waals surface area contributed by atoms with E-state index in [1.54, 1.807) is 29.6 Å². The third kappa shape index (κ3) is 3.10. The molecular formula is C18H16N4O2. The van der Waals surface area contributed by atoms with E-state index in [0.29, 0.717) is 25.1 Å². The zero-order valence-electron chi connectivity index (χ0n) is 13.0. The van der Waals surface area contributed by atoms with Crippen LogP contribution >= 0.6 is 0 Å². The molecule has 0 aromatic carbocycles. The molecule has 120 valence electrons. The Morgan fingerprint density at radius 2 is 2.08 bits per heavy atom. The number of rotatable bonds is 4. The lowest BCUT2D eigenvalue weighted by Crippen LogP contribution is -2.51. The number of nitriles is 1. The molecule has 3 rings (SSSR count). The Hall–Kier alpha value is -3.20. The number of carbonyl (C=O) groups excluding carboxylic acids is 1. The Bertz CT molecular complexity index is 874. The summed E-state index contributed by atoms with van der Waals surface area (Å²) >= 11 is 0. The topological polar surface area (TPSA) is 89.8 Å². The van der Waals surface area contributed by atoms with E-state index in [0.717, 1.165) is 11.1 Å². The average Bonchev–Trinajstić information content (AvgIpc) is 2.58. The molecule has 0 saturated carbocycles. The van der Waals surface area contributed by atoms with Crippen molar-refractivity contribution in [3.8, 4) is 17.2 Å². The van der Waals surface area contributed by atoms with Gasteiger partial charge >= 0.3 is 0 Å². The predicted molar refractivity (Wildman–Crippen MR) is 88.8 cm³/mol. The van der Waals surface area contributed by atoms with Crippen LogP contribution in [0.25, 0.3) is 11.1 Å². The van der Waals surface area contributed by atoms with E-state index in [-0.39, 0.29) is 23.0 Å². The lowest BCUT2D eigenvalue weighted by molar-refractivity contribution is -0.132. The molecule has 0 spiro atoms. The number of nitrogens with one attached hydrogen (secondary N) is 1. The summed E-state index contributed by atoms with van der Waals surface area (Å²) in [6.07, 6.45) is 5.70. The number of hydrogen-bond donors (Lipinski definition) is 1. The SMILES string of the molecule is C=C(C#N)C(=O)N1CC(Cc2cc(-c3ccncc3)c[nH]c2=O)C1. The van der Waals surface area contributed by atoms with Crippen molar-refractivity contribution in [3.05, 3.63) is 64.9 Å². The molecule has 0 atom stereocenters. The summed E-state index contributed by atoms with van der Waals surface area (Å²) < 4.78 is 0. The van der Waals surface area contributed by atoms with Gasteiger partial charge in [-0.2, -0.15) is 5.26 Å². The van der Waals surface area contributed by atoms with Crippen molar-refractivity contribution in [2.24, 2.45) is 5.92 Å². The van der Waals surface area contributed by atoms with Crippen LogP contribution in [0.1, 0.15) is 5.56 Å². The highest BCUT2D eigenvalue weighted by atomic mass is 16.2. The summed E-state index contributed by atoms with van der Waals surface area (Å²) in [6.45, 7) is 4.51. The standard InChI is InChI=1S/C18H16N4O2/c1-12(8-19)18(24)22-10-13(11-22)6-15-7-16(9-21-17(15)23)14-2-4-20-5-3-14/h2-5,7,9,13H,1,6,10-11H2,(H,21,23). The van der Waals surface area contributed by atoms with Crippen molar-refractivity contribution in [2.45, 2.75) is 6.42 Å². The highest BCUT2D eigenvalue weighted by molar-refractivity contribution is 5.97. The van der Waals surface area contributed by atoms with E-state index in [1.165, 1.54) is 0 Å². The molecule has 1 fully saturated rings. The average molecular weight is 320 g/mol. The molecule has 0 unspecified atom stereocenters. The van der Waals surface area contributed by atoms with Gasteiger partial charge in [0.15, 0.2) is 0 Å². The first-order chi connectivity index (χ1) is 11.6. The molecule has 0 aliphatic carbocycles. The molecule has 6 nitrogen and oxygen atoms in total. The summed E-state index contributed by atoms with van der Waals surface area (Å²) in [6, 6.07) is 7.42. The van der Waals surface area contributed by atoms with Crippen molar-refractivity contribution in [1.29, 1.82) is 5.26 Å². The maximum atomic E-state index is 12.0. The molecule has 1 saturated heterocycles. The van der Waals surface area contributed by atoms with E-state index in [2.05, 4.69) is 16.5 Å². The minimum atomic E-state index is -0.326. The smallest absolute Gasteiger partial charge is 0.263 e. The highest BCUT2D eigenvalue weighted by Crippen LogP contribution is 2.23. The van der Waals surface area contributed by atoms with E-state index in [4.69, 9.17) is 5.26 Å². The Morgan fingerprint density at radius 3 is 2.75 bits per heavy atom. The van der Waals surface area contributed by atoms with Crippen LogP contribution in [0.2, 0.25) is 0 Å². The van der Waals surface area contributed by atoms with Gasteiger partial charge in [-0.1, -0.05) is 6.58 Å². The molecular weight excluding hydrogens is 304 g/mol. The van der Waals surface area contributed by atoms with E-state index in [9.17, 15) is 9.59 Å². The molecule has 1 aliphatic heterocycles. The molecule has 3 heterocycles. The normalized spacial score (nSPS) is 13.9. The van der Waals surface area contributed by atoms with Crippen LogP contribution in [0.3, 0.4) is 0 Å². The zero-order chi connectivity index (χ0) is 17.1. The van der Waals surface area contributed by atoms with Gasteiger partial charge < -0.3 is 9.88 Å². The highest BCUT2D eigenvalue weighted by Gasteiger charge is 2.32. The predicted octanol–water partition coefficient (Wildman–Crippen LogP) is 1.52. The van der Waals surface area contributed by atoms with E-state index in [1.807, 2.05) is 18.2 Å². The Morgan fingerprint density at radius 1 is 1.38 bits per heavy atom. The Kier molecular flexibility index (Phi) is 4.25. The van der Waals surface area contributed by atoms with Crippen LogP contribution in [-0.2, 0) is 11.2 Å². The molecule has 1 aliphatic rings. The molecule has 2 aromatic rings. The van der Waals surface area contributed by atoms with Crippen LogP contribution in [0.15, 0.2) is 53.7 Å². The molecule has 1 amide bonds. The minimum absolute atomic E-state index is 0.0500. The first-order valence-electron chi connectivity index (χ1n) is 7.58. The number of aromatic amines is 1. The maximum absolute atomic E-state index is 12.0. The summed E-state index contributed by atoms with van der Waals surface area (Å²) in [5.74, 6) is -0.109. The Balaban J connectivity index is 1.69. The van der Waals surface area contributed by atoms with Gasteiger partial charge in [0.1, 0.15) is 11.6 Å². The summed E-state index contributed by atoms with van der Waals surface area (Å²) in [5.41, 5.74) is 2.45. The van der Waals surface area contributed by atoms with Gasteiger partial charge in [-0.15, -0.1) is 0 Å². The monoisotopic (exact) mass is 320 g/mol. The fraction of sp³-hybridized carbons (Fsp3) is 0.222. The fourth-order valence-electron chi connectivity index (χ4n) is 2.81. The van der Waals surface area contributed by atoms with Crippen LogP contribution < -0.4 is 5.56 Å². The molecule has 24 heavy (non-hydrogen) atoms. The molecule has 0 radical (unpaired) electrons. The van der Waals surface area contributed by atoms with Gasteiger partial charge in [-0.3, -0.25) is 14.6 Å². The fourth-order valence-corrected chi connectivity index (χ4v) is 2.81. The van der Waals surface area contributed by atoms with Crippen LogP contribution in [-0.4, -0.2) is 33.9 Å². The maximum Gasteiger partial charge on any atom is 0.263 e. The zero-order valence-corrected chi connectivity index (χ0v) is 13.0. The number of pyridine rings is 2. The Labute approximate surface area is 139 Å². The molecule has 2 aromatic heterocycles. The van der Waals surface area contributed by atoms with Gasteiger partial charge in [-0.05, 0) is 41.7 Å². The molecule has 0 bridgehead atoms. The second kappa shape index (κ2) is 6.50. The largest absolute Gasteiger partial charge is 0.337 e. The third-order valence-corrected chi connectivity index (χ3v) is 4.14. The molecule has 1 N–H and O–H groups in total. The van der Waals surface area contributed by atoms with Gasteiger partial charge in [0, 0.05) is 37.2 Å². The second-order valence-corrected chi connectivity index (χ2v) is 5.85. The van der Waals surface area contributed by atoms with E-state index < -0.39 is 0 Å². The third-order valence-electron chi connectivity index (χ3n) is 4.14. The van der Waals surface area contributed by atoms with Gasteiger partial charge in [-0.25, -0.2) is 0 Å². The number of H-pyrrole nitrogens is 1. The van der Waals surface area contributed by atoms with Crippen molar-refractivity contribution < 1.29 is 4.79 Å².